The lowest BCUT2D eigenvalue weighted by atomic mass is 9.93. The van der Waals surface area contributed by atoms with E-state index in [-0.39, 0.29) is 0 Å². The molecule has 0 aliphatic carbocycles. The van der Waals surface area contributed by atoms with Crippen molar-refractivity contribution < 1.29 is 36.1 Å². The van der Waals surface area contributed by atoms with E-state index in [0.717, 1.165) is 6.92 Å². The van der Waals surface area contributed by atoms with E-state index in [0.29, 0.717) is 0 Å². The molecule has 1 aliphatic rings. The second kappa shape index (κ2) is 4.64. The first-order valence-corrected chi connectivity index (χ1v) is 4.69. The molecule has 0 aromatic rings. The molecule has 0 aromatic carbocycles. The van der Waals surface area contributed by atoms with E-state index < -0.39 is 49.7 Å². The maximum absolute atomic E-state index is 11.0. The van der Waals surface area contributed by atoms with Crippen LogP contribution in [0.15, 0.2) is 0 Å². The Hall–Kier alpha value is -0.730. The first-order chi connectivity index (χ1) is 7.83. The van der Waals surface area contributed by atoms with Gasteiger partial charge >= 0.3 is 5.97 Å². The molecule has 1 rings (SSSR count). The van der Waals surface area contributed by atoms with Gasteiger partial charge in [0.15, 0.2) is 6.10 Å². The van der Waals surface area contributed by atoms with E-state index in [1.807, 2.05) is 0 Å². The highest BCUT2D eigenvalue weighted by Gasteiger charge is 2.52. The highest BCUT2D eigenvalue weighted by Crippen LogP contribution is 2.29. The van der Waals surface area contributed by atoms with Gasteiger partial charge in [-0.15, -0.1) is 0 Å². The first kappa shape index (κ1) is 11.7. The summed E-state index contributed by atoms with van der Waals surface area (Å²) in [4.78, 5) is 11.0. The van der Waals surface area contributed by atoms with Crippen LogP contribution in [0.1, 0.15) is 15.2 Å². The summed E-state index contributed by atoms with van der Waals surface area (Å²) >= 11 is 0. The molecule has 5 atom stereocenters. The Morgan fingerprint density at radius 3 is 2.69 bits per heavy atom. The predicted octanol–water partition coefficient (Wildman–Crippen LogP) is -2.26. The van der Waals surface area contributed by atoms with E-state index >= 15 is 0 Å². The van der Waals surface area contributed by atoms with Gasteiger partial charge in [0, 0.05) is 8.27 Å². The molecule has 1 saturated heterocycles. The zero-order valence-electron chi connectivity index (χ0n) is 9.74. The number of aliphatic hydroxyl groups is 4. The highest BCUT2D eigenvalue weighted by molar-refractivity contribution is 5.66. The summed E-state index contributed by atoms with van der Waals surface area (Å²) < 4.78 is 16.3. The molecule has 0 radical (unpaired) electrons. The summed E-state index contributed by atoms with van der Waals surface area (Å²) in [7, 11) is 0. The Kier molecular flexibility index (Phi) is 3.41. The normalized spacial score (nSPS) is 44.9. The van der Waals surface area contributed by atoms with Crippen molar-refractivity contribution in [2.75, 3.05) is 6.61 Å². The molecular weight excluding hydrogens is 220 g/mol. The Morgan fingerprint density at radius 2 is 2.19 bits per heavy atom. The topological polar surface area (TPSA) is 116 Å². The van der Waals surface area contributed by atoms with Crippen molar-refractivity contribution in [3.05, 3.63) is 0 Å². The van der Waals surface area contributed by atoms with Crippen LogP contribution in [-0.2, 0) is 14.3 Å². The molecule has 1 heterocycles. The summed E-state index contributed by atoms with van der Waals surface area (Å²) in [5.41, 5.74) is 0. The van der Waals surface area contributed by atoms with Crippen LogP contribution in [0, 0.1) is 0 Å². The molecule has 0 aromatic heterocycles. The van der Waals surface area contributed by atoms with Gasteiger partial charge in [0.25, 0.3) is 0 Å². The smallest absolute Gasteiger partial charge is 0.303 e. The van der Waals surface area contributed by atoms with Crippen LogP contribution in [-0.4, -0.2) is 63.2 Å². The zero-order chi connectivity index (χ0) is 13.2. The number of rotatable bonds is 2. The van der Waals surface area contributed by atoms with E-state index in [1.165, 1.54) is 0 Å². The molecule has 0 amide bonds. The van der Waals surface area contributed by atoms with Crippen molar-refractivity contribution >= 4 is 5.97 Å². The summed E-state index contributed by atoms with van der Waals surface area (Å²) in [6.07, 6.45) is -5.79. The third-order valence-corrected chi connectivity index (χ3v) is 2.40. The fourth-order valence-electron chi connectivity index (χ4n) is 1.63. The van der Waals surface area contributed by atoms with Crippen molar-refractivity contribution in [3.63, 3.8) is 0 Å². The molecule has 0 saturated carbocycles. The fourth-order valence-corrected chi connectivity index (χ4v) is 1.63. The predicted molar refractivity (Wildman–Crippen MR) is 50.2 cm³/mol. The lowest BCUT2D eigenvalue weighted by Crippen LogP contribution is -2.65. The second-order valence-corrected chi connectivity index (χ2v) is 3.79. The van der Waals surface area contributed by atoms with Gasteiger partial charge in [-0.2, -0.15) is 0 Å². The molecule has 4 N–H and O–H groups in total. The Balaban J connectivity index is 2.84. The van der Waals surface area contributed by atoms with Crippen LogP contribution in [0.4, 0.5) is 0 Å². The molecule has 0 bridgehead atoms. The van der Waals surface area contributed by atoms with Gasteiger partial charge in [0.1, 0.15) is 18.3 Å². The van der Waals surface area contributed by atoms with E-state index in [4.69, 9.17) is 11.2 Å². The minimum absolute atomic E-state index is 0.604. The molecule has 7 nitrogen and oxygen atoms in total. The quantitative estimate of drug-likeness (QED) is 0.400. The molecule has 16 heavy (non-hydrogen) atoms. The lowest BCUT2D eigenvalue weighted by Gasteiger charge is -2.44. The third-order valence-electron chi connectivity index (χ3n) is 2.40. The van der Waals surface area contributed by atoms with E-state index in [9.17, 15) is 20.1 Å². The van der Waals surface area contributed by atoms with Gasteiger partial charge < -0.3 is 29.9 Å². The zero-order valence-corrected chi connectivity index (χ0v) is 8.74. The molecule has 1 fully saturated rings. The number of carbonyl (C=O) groups is 1. The minimum Gasteiger partial charge on any atom is -0.454 e. The van der Waals surface area contributed by atoms with Crippen molar-refractivity contribution in [3.8, 4) is 0 Å². The van der Waals surface area contributed by atoms with Crippen LogP contribution in [0.2, 0.25) is 0 Å². The monoisotopic (exact) mass is 237 g/mol. The summed E-state index contributed by atoms with van der Waals surface area (Å²) in [5, 5.41) is 37.9. The number of ether oxygens (including phenoxy) is 2. The van der Waals surface area contributed by atoms with Crippen molar-refractivity contribution in [1.29, 1.82) is 0 Å². The number of hydrogen-bond donors (Lipinski definition) is 4. The molecule has 94 valence electrons. The molecular formula is C9H16O7. The third kappa shape index (κ3) is 2.50. The second-order valence-electron chi connectivity index (χ2n) is 3.79. The average molecular weight is 237 g/mol. The van der Waals surface area contributed by atoms with Gasteiger partial charge in [0.05, 0.1) is 6.61 Å². The largest absolute Gasteiger partial charge is 0.454 e. The van der Waals surface area contributed by atoms with Crippen LogP contribution < -0.4 is 0 Å². The number of esters is 1. The maximum Gasteiger partial charge on any atom is 0.303 e. The van der Waals surface area contributed by atoms with Crippen molar-refractivity contribution in [1.82, 2.24) is 0 Å². The first-order valence-electron chi connectivity index (χ1n) is 5.40. The molecule has 1 unspecified atom stereocenters. The van der Waals surface area contributed by atoms with Crippen LogP contribution in [0.25, 0.3) is 0 Å². The van der Waals surface area contributed by atoms with Gasteiger partial charge in [-0.25, -0.2) is 0 Å². The molecule has 0 spiro atoms. The molecule has 1 aliphatic heterocycles. The number of carbonyl (C=O) groups excluding carboxylic acids is 1. The summed E-state index contributed by atoms with van der Waals surface area (Å²) in [6.45, 7) is -0.154. The Labute approximate surface area is 93.6 Å². The van der Waals surface area contributed by atoms with Crippen LogP contribution in [0.3, 0.4) is 0 Å². The van der Waals surface area contributed by atoms with Crippen LogP contribution in [0.5, 0.6) is 0 Å². The Morgan fingerprint density at radius 1 is 1.56 bits per heavy atom. The van der Waals surface area contributed by atoms with Crippen LogP contribution >= 0.6 is 0 Å². The Bertz CT molecular complexity index is 283. The van der Waals surface area contributed by atoms with Gasteiger partial charge in [0.2, 0.25) is 5.79 Å². The van der Waals surface area contributed by atoms with Crippen molar-refractivity contribution in [2.24, 2.45) is 0 Å². The van der Waals surface area contributed by atoms with E-state index in [2.05, 4.69) is 4.74 Å². The minimum atomic E-state index is -2.04. The van der Waals surface area contributed by atoms with Gasteiger partial charge in [-0.3, -0.25) is 4.79 Å². The lowest BCUT2D eigenvalue weighted by molar-refractivity contribution is -0.342. The van der Waals surface area contributed by atoms with Crippen molar-refractivity contribution in [2.45, 2.75) is 44.0 Å². The summed E-state index contributed by atoms with van der Waals surface area (Å²) in [6, 6.07) is 0. The summed E-state index contributed by atoms with van der Waals surface area (Å²) in [5.74, 6) is -3.01. The van der Waals surface area contributed by atoms with Gasteiger partial charge in [-0.1, -0.05) is 0 Å². The average Bonchev–Trinajstić information content (AvgIpc) is 2.29. The standard InChI is InChI=1S/C9H16O7/c1-4(11)15-8-7(13)6(12)5(3-10)16-9(8,2)14/h5-8,10,12-14H,3H2,1-2H3/t5-,6-,7+,8-,9?/m1/s1/i1D. The van der Waals surface area contributed by atoms with E-state index in [1.54, 1.807) is 0 Å². The fraction of sp³-hybridized carbons (Fsp3) is 0.889. The molecule has 7 heteroatoms. The highest BCUT2D eigenvalue weighted by atomic mass is 16.7. The number of aliphatic hydroxyl groups excluding tert-OH is 3. The number of hydrogen-bond acceptors (Lipinski definition) is 7. The SMILES string of the molecule is [2H]CC(=O)O[C@@H]1[C@@H](O)[C@H](O)[C@@H](CO)OC1(C)O. The maximum atomic E-state index is 11.0. The van der Waals surface area contributed by atoms with Gasteiger partial charge in [-0.05, 0) is 6.92 Å².